The molecule has 4 nitrogen and oxygen atoms in total. The summed E-state index contributed by atoms with van der Waals surface area (Å²) in [5.41, 5.74) is -3.79. The van der Waals surface area contributed by atoms with E-state index in [9.17, 15) is 36.3 Å². The molecular formula is C17H14F6N2O2. The fourth-order valence-electron chi connectivity index (χ4n) is 2.22. The van der Waals surface area contributed by atoms with E-state index in [1.165, 1.54) is 18.2 Å². The van der Waals surface area contributed by atoms with Crippen LogP contribution in [0.2, 0.25) is 0 Å². The fraction of sp³-hybridized carbons (Fsp3) is 0.235. The number of amides is 1. The maximum Gasteiger partial charge on any atom is 0.416 e. The van der Waals surface area contributed by atoms with Crippen molar-refractivity contribution in [3.63, 3.8) is 0 Å². The predicted octanol–water partition coefficient (Wildman–Crippen LogP) is 4.83. The van der Waals surface area contributed by atoms with Crippen LogP contribution < -0.4 is 9.96 Å². The number of halogens is 6. The number of carbonyl (C=O) groups excluding carboxylic acids is 1. The van der Waals surface area contributed by atoms with Crippen LogP contribution in [0.3, 0.4) is 0 Å². The van der Waals surface area contributed by atoms with Crippen LogP contribution in [0.1, 0.15) is 21.5 Å². The van der Waals surface area contributed by atoms with Crippen molar-refractivity contribution in [3.8, 4) is 0 Å². The molecule has 2 rings (SSSR count). The molecule has 0 aliphatic heterocycles. The number of carbonyl (C=O) groups is 1. The third-order valence-corrected chi connectivity index (χ3v) is 3.62. The molecular weight excluding hydrogens is 378 g/mol. The average molecular weight is 392 g/mol. The van der Waals surface area contributed by atoms with E-state index in [1.807, 2.05) is 0 Å². The first kappa shape index (κ1) is 20.6. The zero-order valence-electron chi connectivity index (χ0n) is 14.1. The molecule has 0 saturated carbocycles. The largest absolute Gasteiger partial charge is 0.416 e. The number of hydrogen-bond acceptors (Lipinski definition) is 3. The van der Waals surface area contributed by atoms with Crippen molar-refractivity contribution in [1.29, 1.82) is 0 Å². The Hall–Kier alpha value is -2.75. The summed E-state index contributed by atoms with van der Waals surface area (Å²) in [4.78, 5) is 14.0. The monoisotopic (exact) mass is 392 g/mol. The first-order valence-corrected chi connectivity index (χ1v) is 7.41. The number of hydrogen-bond donors (Lipinski definition) is 1. The lowest BCUT2D eigenvalue weighted by Crippen LogP contribution is -2.28. The normalized spacial score (nSPS) is 12.0. The van der Waals surface area contributed by atoms with Gasteiger partial charge in [-0.3, -0.25) is 10.0 Å². The molecule has 0 radical (unpaired) electrons. The van der Waals surface area contributed by atoms with Gasteiger partial charge in [0.05, 0.1) is 16.8 Å². The van der Waals surface area contributed by atoms with E-state index >= 15 is 0 Å². The van der Waals surface area contributed by atoms with Crippen LogP contribution in [-0.2, 0) is 12.4 Å². The summed E-state index contributed by atoms with van der Waals surface area (Å²) in [5, 5.41) is 9.75. The second-order valence-electron chi connectivity index (χ2n) is 5.83. The molecule has 0 aliphatic rings. The van der Waals surface area contributed by atoms with Gasteiger partial charge in [0.15, 0.2) is 0 Å². The van der Waals surface area contributed by atoms with Crippen LogP contribution in [0.5, 0.6) is 0 Å². The lowest BCUT2D eigenvalue weighted by Gasteiger charge is -2.20. The number of benzene rings is 2. The van der Waals surface area contributed by atoms with Crippen LogP contribution in [0.25, 0.3) is 0 Å². The molecule has 0 saturated heterocycles. The minimum atomic E-state index is -5.09. The second kappa shape index (κ2) is 7.10. The smallest absolute Gasteiger partial charge is 0.378 e. The van der Waals surface area contributed by atoms with Crippen LogP contribution in [0.4, 0.5) is 37.7 Å². The molecule has 2 aromatic carbocycles. The Balaban J connectivity index is 2.50. The summed E-state index contributed by atoms with van der Waals surface area (Å²) < 4.78 is 77.4. The van der Waals surface area contributed by atoms with Crippen molar-refractivity contribution >= 4 is 17.3 Å². The Bertz CT molecular complexity index is 814. The van der Waals surface area contributed by atoms with Gasteiger partial charge in [0.1, 0.15) is 0 Å². The number of hydroxylamine groups is 1. The van der Waals surface area contributed by atoms with Crippen molar-refractivity contribution in [3.05, 3.63) is 59.2 Å². The van der Waals surface area contributed by atoms with Gasteiger partial charge in [0.2, 0.25) is 0 Å². The average Bonchev–Trinajstić information content (AvgIpc) is 2.58. The van der Waals surface area contributed by atoms with E-state index in [4.69, 9.17) is 0 Å². The molecule has 0 fully saturated rings. The van der Waals surface area contributed by atoms with Gasteiger partial charge < -0.3 is 4.90 Å². The molecule has 0 heterocycles. The zero-order valence-corrected chi connectivity index (χ0v) is 14.1. The van der Waals surface area contributed by atoms with E-state index < -0.39 is 35.1 Å². The van der Waals surface area contributed by atoms with Crippen LogP contribution in [-0.4, -0.2) is 25.2 Å². The van der Waals surface area contributed by atoms with Crippen LogP contribution in [0.15, 0.2) is 42.5 Å². The summed E-state index contributed by atoms with van der Waals surface area (Å²) in [5.74, 6) is -1.17. The van der Waals surface area contributed by atoms with E-state index in [2.05, 4.69) is 0 Å². The van der Waals surface area contributed by atoms with Crippen molar-refractivity contribution in [1.82, 2.24) is 0 Å². The standard InChI is InChI=1S/C17H14F6N2O2/c1-24(2)13-5-3-4-10(6-13)15(26)25(27)14-8-11(16(18,19)20)7-12(9-14)17(21,22)23/h3-9,27H,1-2H3. The highest BCUT2D eigenvalue weighted by Crippen LogP contribution is 2.38. The molecule has 0 aromatic heterocycles. The quantitative estimate of drug-likeness (QED) is 0.463. The summed E-state index contributed by atoms with van der Waals surface area (Å²) >= 11 is 0. The number of rotatable bonds is 3. The summed E-state index contributed by atoms with van der Waals surface area (Å²) in [6.07, 6.45) is -10.2. The van der Waals surface area contributed by atoms with Gasteiger partial charge in [0.25, 0.3) is 5.91 Å². The second-order valence-corrected chi connectivity index (χ2v) is 5.83. The Morgan fingerprint density at radius 2 is 1.37 bits per heavy atom. The van der Waals surface area contributed by atoms with Gasteiger partial charge in [-0.15, -0.1) is 0 Å². The van der Waals surface area contributed by atoms with Gasteiger partial charge in [-0.2, -0.15) is 31.4 Å². The molecule has 2 aromatic rings. The van der Waals surface area contributed by atoms with Gasteiger partial charge in [0, 0.05) is 25.3 Å². The predicted molar refractivity (Wildman–Crippen MR) is 85.8 cm³/mol. The molecule has 1 amide bonds. The third kappa shape index (κ3) is 4.70. The Morgan fingerprint density at radius 1 is 0.852 bits per heavy atom. The van der Waals surface area contributed by atoms with Gasteiger partial charge >= 0.3 is 12.4 Å². The lowest BCUT2D eigenvalue weighted by atomic mass is 10.1. The summed E-state index contributed by atoms with van der Waals surface area (Å²) in [6, 6.07) is 6.15. The lowest BCUT2D eigenvalue weighted by molar-refractivity contribution is -0.143. The molecule has 1 N–H and O–H groups in total. The van der Waals surface area contributed by atoms with Crippen LogP contribution in [0, 0.1) is 0 Å². The Morgan fingerprint density at radius 3 is 1.81 bits per heavy atom. The Kier molecular flexibility index (Phi) is 5.41. The van der Waals surface area contributed by atoms with Crippen molar-refractivity contribution in [2.24, 2.45) is 0 Å². The number of nitrogens with zero attached hydrogens (tertiary/aromatic N) is 2. The molecule has 0 bridgehead atoms. The molecule has 10 heteroatoms. The van der Waals surface area contributed by atoms with E-state index in [0.717, 1.165) is 0 Å². The van der Waals surface area contributed by atoms with Crippen molar-refractivity contribution < 1.29 is 36.3 Å². The molecule has 0 unspecified atom stereocenters. The third-order valence-electron chi connectivity index (χ3n) is 3.62. The molecule has 27 heavy (non-hydrogen) atoms. The highest BCUT2D eigenvalue weighted by atomic mass is 19.4. The topological polar surface area (TPSA) is 43.8 Å². The molecule has 0 spiro atoms. The highest BCUT2D eigenvalue weighted by Gasteiger charge is 2.37. The number of alkyl halides is 6. The van der Waals surface area contributed by atoms with Gasteiger partial charge in [-0.25, -0.2) is 0 Å². The summed E-state index contributed by atoms with van der Waals surface area (Å²) in [7, 11) is 3.34. The SMILES string of the molecule is CN(C)c1cccc(C(=O)N(O)c2cc(C(F)(F)F)cc(C(F)(F)F)c2)c1. The first-order chi connectivity index (χ1) is 12.3. The molecule has 146 valence electrons. The van der Waals surface area contributed by atoms with Gasteiger partial charge in [-0.05, 0) is 36.4 Å². The summed E-state index contributed by atoms with van der Waals surface area (Å²) in [6.45, 7) is 0. The number of anilines is 2. The van der Waals surface area contributed by atoms with Crippen molar-refractivity contribution in [2.45, 2.75) is 12.4 Å². The maximum atomic E-state index is 12.9. The van der Waals surface area contributed by atoms with Crippen molar-refractivity contribution in [2.75, 3.05) is 24.1 Å². The minimum absolute atomic E-state index is 0.0888. The Labute approximate surface area is 150 Å². The molecule has 0 atom stereocenters. The maximum absolute atomic E-state index is 12.9. The highest BCUT2D eigenvalue weighted by molar-refractivity contribution is 6.05. The fourth-order valence-corrected chi connectivity index (χ4v) is 2.22. The van der Waals surface area contributed by atoms with E-state index in [-0.39, 0.29) is 28.8 Å². The molecule has 0 aliphatic carbocycles. The van der Waals surface area contributed by atoms with Gasteiger partial charge in [-0.1, -0.05) is 6.07 Å². The van der Waals surface area contributed by atoms with E-state index in [1.54, 1.807) is 25.1 Å². The van der Waals surface area contributed by atoms with E-state index in [0.29, 0.717) is 5.69 Å². The first-order valence-electron chi connectivity index (χ1n) is 7.41. The minimum Gasteiger partial charge on any atom is -0.378 e. The zero-order chi connectivity index (χ0) is 20.6. The van der Waals surface area contributed by atoms with Crippen LogP contribution >= 0.6 is 0 Å².